The molecule has 1 unspecified atom stereocenters. The summed E-state index contributed by atoms with van der Waals surface area (Å²) in [6.07, 6.45) is 15.0. The summed E-state index contributed by atoms with van der Waals surface area (Å²) in [5.74, 6) is 0.351. The summed E-state index contributed by atoms with van der Waals surface area (Å²) >= 11 is 0. The van der Waals surface area contributed by atoms with E-state index in [4.69, 9.17) is 9.47 Å². The molecule has 27 heavy (non-hydrogen) atoms. The number of hydrogen-bond acceptors (Lipinski definition) is 4. The maximum absolute atomic E-state index is 11.9. The van der Waals surface area contributed by atoms with E-state index in [0.29, 0.717) is 25.6 Å². The molecule has 0 aromatic carbocycles. The first kappa shape index (κ1) is 25.9. The number of unbranched alkanes of at least 4 members (excludes halogenated alkanes) is 10. The zero-order chi connectivity index (χ0) is 20.3. The van der Waals surface area contributed by atoms with E-state index in [-0.39, 0.29) is 17.9 Å². The van der Waals surface area contributed by atoms with Gasteiger partial charge < -0.3 is 9.47 Å². The minimum absolute atomic E-state index is 0.0187. The summed E-state index contributed by atoms with van der Waals surface area (Å²) < 4.78 is 10.1. The Hall–Kier alpha value is -1.06. The molecule has 0 aliphatic heterocycles. The van der Waals surface area contributed by atoms with E-state index in [9.17, 15) is 9.59 Å². The molecule has 0 amide bonds. The second kappa shape index (κ2) is 18.3. The van der Waals surface area contributed by atoms with Gasteiger partial charge in [-0.05, 0) is 32.6 Å². The first-order valence-corrected chi connectivity index (χ1v) is 11.3. The molecule has 0 N–H and O–H groups in total. The van der Waals surface area contributed by atoms with E-state index in [1.54, 1.807) is 0 Å². The fourth-order valence-electron chi connectivity index (χ4n) is 3.43. The highest BCUT2D eigenvalue weighted by Gasteiger charge is 2.22. The fourth-order valence-corrected chi connectivity index (χ4v) is 3.43. The molecule has 4 heteroatoms. The van der Waals surface area contributed by atoms with Crippen LogP contribution in [0.25, 0.3) is 0 Å². The maximum Gasteiger partial charge on any atom is 0.309 e. The van der Waals surface area contributed by atoms with Crippen molar-refractivity contribution in [1.29, 1.82) is 0 Å². The van der Waals surface area contributed by atoms with Gasteiger partial charge in [-0.25, -0.2) is 0 Å². The second-order valence-corrected chi connectivity index (χ2v) is 7.84. The zero-order valence-corrected chi connectivity index (χ0v) is 18.4. The number of carbonyl (C=O) groups is 2. The van der Waals surface area contributed by atoms with Crippen LogP contribution in [0.5, 0.6) is 0 Å². The Bertz CT molecular complexity index is 365. The van der Waals surface area contributed by atoms with Crippen molar-refractivity contribution in [2.75, 3.05) is 13.2 Å². The third kappa shape index (κ3) is 15.7. The van der Waals surface area contributed by atoms with Crippen molar-refractivity contribution in [3.63, 3.8) is 0 Å². The van der Waals surface area contributed by atoms with Gasteiger partial charge in [0.2, 0.25) is 0 Å². The van der Waals surface area contributed by atoms with Gasteiger partial charge in [0.05, 0.1) is 19.1 Å². The molecule has 0 aliphatic carbocycles. The van der Waals surface area contributed by atoms with Gasteiger partial charge in [-0.3, -0.25) is 9.59 Å². The Morgan fingerprint density at radius 1 is 0.667 bits per heavy atom. The molecule has 0 aromatic rings. The standard InChI is InChI=1S/C23H44O4/c1-5-26-22(24)19-17-15-13-11-9-7-8-10-12-14-16-18-21(20(3)4)23(25)27-6-2/h20-21H,5-19H2,1-4H3. The fraction of sp³-hybridized carbons (Fsp3) is 0.913. The number of hydrogen-bond donors (Lipinski definition) is 0. The van der Waals surface area contributed by atoms with Crippen molar-refractivity contribution in [3.05, 3.63) is 0 Å². The average Bonchev–Trinajstić information content (AvgIpc) is 2.62. The van der Waals surface area contributed by atoms with Crippen LogP contribution in [0.2, 0.25) is 0 Å². The monoisotopic (exact) mass is 384 g/mol. The molecule has 0 saturated carbocycles. The third-order valence-corrected chi connectivity index (χ3v) is 5.10. The lowest BCUT2D eigenvalue weighted by Crippen LogP contribution is -2.22. The van der Waals surface area contributed by atoms with Crippen molar-refractivity contribution >= 4 is 11.9 Å². The minimum Gasteiger partial charge on any atom is -0.466 e. The number of rotatable bonds is 18. The maximum atomic E-state index is 11.9. The molecule has 160 valence electrons. The van der Waals surface area contributed by atoms with Gasteiger partial charge in [0.1, 0.15) is 0 Å². The highest BCUT2D eigenvalue weighted by atomic mass is 16.5. The van der Waals surface area contributed by atoms with Gasteiger partial charge in [-0.2, -0.15) is 0 Å². The normalized spacial score (nSPS) is 12.2. The van der Waals surface area contributed by atoms with Crippen molar-refractivity contribution in [3.8, 4) is 0 Å². The molecular formula is C23H44O4. The van der Waals surface area contributed by atoms with Crippen LogP contribution in [0.4, 0.5) is 0 Å². The van der Waals surface area contributed by atoms with Crippen LogP contribution < -0.4 is 0 Å². The summed E-state index contributed by atoms with van der Waals surface area (Å²) in [6.45, 7) is 8.91. The van der Waals surface area contributed by atoms with Gasteiger partial charge in [-0.1, -0.05) is 78.1 Å². The summed E-state index contributed by atoms with van der Waals surface area (Å²) in [6, 6.07) is 0. The number of ether oxygens (including phenoxy) is 2. The van der Waals surface area contributed by atoms with Crippen molar-refractivity contribution < 1.29 is 19.1 Å². The molecule has 0 aliphatic rings. The van der Waals surface area contributed by atoms with Gasteiger partial charge in [-0.15, -0.1) is 0 Å². The molecule has 0 rings (SSSR count). The van der Waals surface area contributed by atoms with Crippen LogP contribution in [0, 0.1) is 11.8 Å². The molecule has 0 fully saturated rings. The van der Waals surface area contributed by atoms with Crippen molar-refractivity contribution in [2.45, 2.75) is 111 Å². The largest absolute Gasteiger partial charge is 0.466 e. The van der Waals surface area contributed by atoms with Gasteiger partial charge in [0.25, 0.3) is 0 Å². The highest BCUT2D eigenvalue weighted by Crippen LogP contribution is 2.21. The Labute approximate surface area is 167 Å². The summed E-state index contributed by atoms with van der Waals surface area (Å²) in [7, 11) is 0. The predicted octanol–water partition coefficient (Wildman–Crippen LogP) is 6.46. The lowest BCUT2D eigenvalue weighted by molar-refractivity contribution is -0.150. The second-order valence-electron chi connectivity index (χ2n) is 7.84. The molecule has 0 saturated heterocycles. The van der Waals surface area contributed by atoms with Gasteiger partial charge >= 0.3 is 11.9 Å². The van der Waals surface area contributed by atoms with E-state index >= 15 is 0 Å². The van der Waals surface area contributed by atoms with Crippen LogP contribution in [0.1, 0.15) is 111 Å². The molecule has 0 bridgehead atoms. The molecule has 0 radical (unpaired) electrons. The van der Waals surface area contributed by atoms with Crippen molar-refractivity contribution in [1.82, 2.24) is 0 Å². The van der Waals surface area contributed by atoms with Crippen LogP contribution in [-0.4, -0.2) is 25.2 Å². The molecule has 4 nitrogen and oxygen atoms in total. The lowest BCUT2D eigenvalue weighted by Gasteiger charge is -2.18. The quantitative estimate of drug-likeness (QED) is 0.201. The van der Waals surface area contributed by atoms with E-state index in [0.717, 1.165) is 25.7 Å². The Kier molecular flexibility index (Phi) is 17.6. The Morgan fingerprint density at radius 2 is 1.11 bits per heavy atom. The summed E-state index contributed by atoms with van der Waals surface area (Å²) in [5.41, 5.74) is 0. The average molecular weight is 385 g/mol. The van der Waals surface area contributed by atoms with Crippen LogP contribution in [0.3, 0.4) is 0 Å². The van der Waals surface area contributed by atoms with Gasteiger partial charge in [0.15, 0.2) is 0 Å². The predicted molar refractivity (Wildman–Crippen MR) is 112 cm³/mol. The topological polar surface area (TPSA) is 52.6 Å². The Morgan fingerprint density at radius 3 is 1.56 bits per heavy atom. The van der Waals surface area contributed by atoms with Crippen LogP contribution >= 0.6 is 0 Å². The summed E-state index contributed by atoms with van der Waals surface area (Å²) in [5, 5.41) is 0. The van der Waals surface area contributed by atoms with Crippen molar-refractivity contribution in [2.24, 2.45) is 11.8 Å². The van der Waals surface area contributed by atoms with E-state index in [1.807, 2.05) is 13.8 Å². The SMILES string of the molecule is CCOC(=O)CCCCCCCCCCCCCC(C(=O)OCC)C(C)C. The third-order valence-electron chi connectivity index (χ3n) is 5.10. The lowest BCUT2D eigenvalue weighted by atomic mass is 9.90. The van der Waals surface area contributed by atoms with E-state index < -0.39 is 0 Å². The van der Waals surface area contributed by atoms with Gasteiger partial charge in [0, 0.05) is 6.42 Å². The first-order valence-electron chi connectivity index (χ1n) is 11.3. The molecule has 1 atom stereocenters. The molecule has 0 aromatic heterocycles. The smallest absolute Gasteiger partial charge is 0.309 e. The van der Waals surface area contributed by atoms with E-state index in [2.05, 4.69) is 13.8 Å². The van der Waals surface area contributed by atoms with Crippen LogP contribution in [0.15, 0.2) is 0 Å². The Balaban J connectivity index is 3.42. The number of carbonyl (C=O) groups excluding carboxylic acids is 2. The zero-order valence-electron chi connectivity index (χ0n) is 18.4. The minimum atomic E-state index is -0.0560. The number of esters is 2. The highest BCUT2D eigenvalue weighted by molar-refractivity contribution is 5.72. The van der Waals surface area contributed by atoms with Crippen LogP contribution in [-0.2, 0) is 19.1 Å². The first-order chi connectivity index (χ1) is 13.0. The molecule has 0 heterocycles. The van der Waals surface area contributed by atoms with E-state index in [1.165, 1.54) is 51.4 Å². The summed E-state index contributed by atoms with van der Waals surface area (Å²) in [4.78, 5) is 23.1. The molecular weight excluding hydrogens is 340 g/mol. The molecule has 0 spiro atoms.